The van der Waals surface area contributed by atoms with Crippen LogP contribution in [0.2, 0.25) is 0 Å². The number of rotatable bonds is 20. The summed E-state index contributed by atoms with van der Waals surface area (Å²) in [6, 6.07) is 52.6. The molecule has 6 N–H and O–H groups in total. The second-order valence-corrected chi connectivity index (χ2v) is 34.0. The van der Waals surface area contributed by atoms with Gasteiger partial charge in [0.15, 0.2) is 74.3 Å². The average Bonchev–Trinajstić information content (AvgIpc) is 1.60. The van der Waals surface area contributed by atoms with Crippen molar-refractivity contribution in [1.82, 2.24) is 81.4 Å². The summed E-state index contributed by atoms with van der Waals surface area (Å²) in [6.07, 6.45) is 6.44. The highest BCUT2D eigenvalue weighted by atomic mass is 19.1. The molecule has 0 spiro atoms. The fraction of sp³-hybridized carbons (Fsp3) is 0.224. The predicted molar refractivity (Wildman–Crippen MR) is 476 cm³/mol. The molecule has 698 valence electrons. The van der Waals surface area contributed by atoms with Crippen molar-refractivity contribution in [3.8, 4) is 46.1 Å². The van der Waals surface area contributed by atoms with Gasteiger partial charge in [-0.2, -0.15) is 10.4 Å². The van der Waals surface area contributed by atoms with Crippen LogP contribution >= 0.6 is 0 Å². The number of imide groups is 4. The molecular weight excluding hydrogens is 1790 g/mol. The molecule has 0 saturated carbocycles. The summed E-state index contributed by atoms with van der Waals surface area (Å²) in [5, 5.41) is 31.1. The van der Waals surface area contributed by atoms with Crippen LogP contribution in [0.4, 0.5) is 22.8 Å². The van der Waals surface area contributed by atoms with Crippen LogP contribution in [0.15, 0.2) is 227 Å². The summed E-state index contributed by atoms with van der Waals surface area (Å²) >= 11 is 0. The highest BCUT2D eigenvalue weighted by Gasteiger charge is 2.60. The number of fused-ring (bicyclic) bond motifs is 6. The van der Waals surface area contributed by atoms with Gasteiger partial charge in [-0.3, -0.25) is 69.2 Å². The number of carbonyl (C=O) groups is 12. The van der Waals surface area contributed by atoms with Gasteiger partial charge in [-0.15, -0.1) is 10.1 Å². The smallest absolute Gasteiger partial charge is 0.322 e. The van der Waals surface area contributed by atoms with Crippen molar-refractivity contribution in [1.29, 1.82) is 5.26 Å². The van der Waals surface area contributed by atoms with Crippen molar-refractivity contribution in [2.75, 3.05) is 68.7 Å². The zero-order valence-electron chi connectivity index (χ0n) is 74.1. The lowest BCUT2D eigenvalue weighted by Gasteiger charge is -2.31. The number of likely N-dealkylation sites (N-methyl/N-ethyl adjacent to an activating group) is 2. The van der Waals surface area contributed by atoms with E-state index in [0.29, 0.717) is 73.8 Å². The third-order valence-corrected chi connectivity index (χ3v) is 25.7. The molecule has 10 aliphatic heterocycles. The zero-order valence-corrected chi connectivity index (χ0v) is 74.1. The number of amides is 14. The van der Waals surface area contributed by atoms with Crippen molar-refractivity contribution in [3.05, 3.63) is 308 Å². The van der Waals surface area contributed by atoms with Crippen molar-refractivity contribution in [2.24, 2.45) is 0 Å². The van der Waals surface area contributed by atoms with Gasteiger partial charge in [-0.25, -0.2) is 37.4 Å². The van der Waals surface area contributed by atoms with Crippen LogP contribution in [0, 0.1) is 28.8 Å². The standard InChI is InChI=1S/C28H19FN4O5.C24H18FN5O5.C23H21FN4O5.C23H22N4O5/c1-37-21-7-5-17-13-33(26(35)24(17)25(21)29)14-28(11-23(34)32-27(28)36)22-10-19-20(38-22)8-6-18(31-19)16-4-2-3-15(9-16)12-30;1-34-16-4-3-13-11-29(22(32)20(13)21(16)25)12-24(10-19(31)28-23(24)33)17-9-14-15(35-17)5-6-18(27-14)30-8-2-7-26-30;1-27-15(13-6-4-3-5-7-13)10-17(33-27)23(21(30)25-22(31)26-23)12-28-11-14-8-9-16(32-2)19(24)18(14)20(28)29;1-26-18(14-6-4-3-5-7-14)11-19(32-26)23(21(29)24-22(30)25-23)13-27-12-15-8-9-16(31-2)10-17(15)20(27)28/h2-10H,11,13-14H2,1H3,(H,32,34,36);2-9H,10-12H2,1H3,(H,28,31,33);3-10,15H,11-12H2,1-2H3,(H2,25,26,30,31);3-11,18H,12-13H2,1-2H3,(H2,24,25,29,30)/t28-;24-;15?,23-;18?,23-/m1111/s1. The highest BCUT2D eigenvalue weighted by molar-refractivity contribution is 6.13. The van der Waals surface area contributed by atoms with Gasteiger partial charge in [0.05, 0.1) is 100 Å². The van der Waals surface area contributed by atoms with Gasteiger partial charge in [-0.1, -0.05) is 97.1 Å². The normalized spacial score (nSPS) is 21.6. The van der Waals surface area contributed by atoms with Gasteiger partial charge in [-0.05, 0) is 118 Å². The number of benzene rings is 7. The highest BCUT2D eigenvalue weighted by Crippen LogP contribution is 2.46. The Kier molecular flexibility index (Phi) is 22.9. The van der Waals surface area contributed by atoms with E-state index in [1.54, 1.807) is 144 Å². The number of hydroxylamine groups is 4. The Morgan fingerprint density at radius 1 is 0.457 bits per heavy atom. The molecular formula is C98H80F3N17O20. The first-order valence-electron chi connectivity index (χ1n) is 43.0. The summed E-state index contributed by atoms with van der Waals surface area (Å²) < 4.78 is 78.3. The van der Waals surface area contributed by atoms with E-state index in [9.17, 15) is 76.0 Å². The third kappa shape index (κ3) is 15.7. The van der Waals surface area contributed by atoms with E-state index in [2.05, 4.69) is 53.0 Å². The van der Waals surface area contributed by atoms with Crippen LogP contribution in [0.3, 0.4) is 0 Å². The van der Waals surface area contributed by atoms with E-state index < -0.39 is 105 Å². The van der Waals surface area contributed by atoms with Gasteiger partial charge in [0.2, 0.25) is 23.6 Å². The summed E-state index contributed by atoms with van der Waals surface area (Å²) in [4.78, 5) is 180. The fourth-order valence-electron chi connectivity index (χ4n) is 18.8. The van der Waals surface area contributed by atoms with Crippen LogP contribution in [-0.2, 0) is 75.5 Å². The number of nitrogens with zero attached hydrogens (tertiary/aromatic N) is 11. The molecule has 14 amide bonds. The topological polar surface area (TPSA) is 446 Å². The Balaban J connectivity index is 0.000000118. The first kappa shape index (κ1) is 89.8. The van der Waals surface area contributed by atoms with Crippen LogP contribution in [0.5, 0.6) is 23.0 Å². The van der Waals surface area contributed by atoms with Crippen molar-refractivity contribution < 1.29 is 108 Å². The number of hydrogen-bond acceptors (Lipinski definition) is 26. The number of pyridine rings is 2. The maximum absolute atomic E-state index is 14.9. The van der Waals surface area contributed by atoms with E-state index in [1.165, 1.54) is 66.2 Å². The molecule has 40 heteroatoms. The molecule has 2 unspecified atom stereocenters. The minimum Gasteiger partial charge on any atom is -0.497 e. The molecule has 37 nitrogen and oxygen atoms in total. The number of nitriles is 1. The lowest BCUT2D eigenvalue weighted by Crippen LogP contribution is -2.57. The molecule has 22 rings (SSSR count). The van der Waals surface area contributed by atoms with E-state index in [0.717, 1.165) is 22.3 Å². The Morgan fingerprint density at radius 2 is 0.906 bits per heavy atom. The molecule has 7 aromatic carbocycles. The number of carbonyl (C=O) groups excluding carboxylic acids is 12. The Labute approximate surface area is 780 Å². The van der Waals surface area contributed by atoms with Gasteiger partial charge < -0.3 is 67.7 Å². The number of ether oxygens (including phenoxy) is 4. The Bertz CT molecular complexity index is 7290. The number of urea groups is 2. The molecule has 138 heavy (non-hydrogen) atoms. The zero-order chi connectivity index (χ0) is 96.7. The summed E-state index contributed by atoms with van der Waals surface area (Å²) in [6.45, 7) is -0.138. The molecule has 0 radical (unpaired) electrons. The van der Waals surface area contributed by atoms with Crippen LogP contribution in [0.25, 0.3) is 39.3 Å². The molecule has 0 bridgehead atoms. The van der Waals surface area contributed by atoms with E-state index in [4.69, 9.17) is 37.5 Å². The van der Waals surface area contributed by atoms with Crippen molar-refractivity contribution in [2.45, 2.75) is 73.0 Å². The van der Waals surface area contributed by atoms with Crippen molar-refractivity contribution in [3.63, 3.8) is 0 Å². The largest absolute Gasteiger partial charge is 0.497 e. The minimum absolute atomic E-state index is 0.0419. The number of hydrogen-bond donors (Lipinski definition) is 6. The first-order valence-corrected chi connectivity index (χ1v) is 43.0. The second-order valence-electron chi connectivity index (χ2n) is 34.0. The Hall–Kier alpha value is -17.4. The quantitative estimate of drug-likeness (QED) is 0.0306. The second kappa shape index (κ2) is 35.2. The number of nitrogens with one attached hydrogen (secondary N) is 6. The molecule has 0 aliphatic carbocycles. The van der Waals surface area contributed by atoms with Crippen LogP contribution in [-0.4, -0.2) is 200 Å². The SMILES string of the molecule is COc1ccc2c(c1)C(=O)N(C[C@]1(C3=CC(c4ccccc4)N(C)O3)NC(=O)NC1=O)C2.COc1ccc2c(c1F)C(=O)N(C[C@@]1(c3cc4nc(-c5cccc(C#N)c5)ccc4o3)CC(=O)NC1=O)C2.COc1ccc2c(c1F)C(=O)N(C[C@@]1(c3cc4nc(-n5cccn5)ccc4o3)CC(=O)NC1=O)C2.COc1ccc2c(c1F)C(=O)N(C[C@]1(C3=CC(c4ccccc4)N(C)O3)NC(=O)NC1=O)C2. The van der Waals surface area contributed by atoms with Crippen LogP contribution in [0.1, 0.15) is 117 Å². The molecule has 4 fully saturated rings. The lowest BCUT2D eigenvalue weighted by atomic mass is 9.82. The summed E-state index contributed by atoms with van der Waals surface area (Å²) in [5.74, 6) is -5.87. The van der Waals surface area contributed by atoms with E-state index in [-0.39, 0.29) is 134 Å². The monoisotopic (exact) mass is 1870 g/mol. The van der Waals surface area contributed by atoms with Gasteiger partial charge >= 0.3 is 12.1 Å². The lowest BCUT2D eigenvalue weighted by molar-refractivity contribution is -0.134. The van der Waals surface area contributed by atoms with Crippen LogP contribution < -0.4 is 50.8 Å². The molecule has 6 atom stereocenters. The molecule has 5 aromatic heterocycles. The molecule has 10 aliphatic rings. The number of halogens is 3. The number of furan rings is 2. The van der Waals surface area contributed by atoms with E-state index in [1.807, 2.05) is 72.8 Å². The van der Waals surface area contributed by atoms with Crippen molar-refractivity contribution >= 4 is 93.3 Å². The fourth-order valence-corrected chi connectivity index (χ4v) is 18.8. The summed E-state index contributed by atoms with van der Waals surface area (Å²) in [5.41, 5.74) is 1.67. The maximum Gasteiger partial charge on any atom is 0.322 e. The van der Waals surface area contributed by atoms with Gasteiger partial charge in [0, 0.05) is 89.0 Å². The maximum atomic E-state index is 14.9. The van der Waals surface area contributed by atoms with E-state index >= 15 is 0 Å². The third-order valence-electron chi connectivity index (χ3n) is 25.7. The van der Waals surface area contributed by atoms with Gasteiger partial charge in [0.25, 0.3) is 35.4 Å². The number of methoxy groups -OCH3 is 4. The average molecular weight is 1870 g/mol. The minimum atomic E-state index is -1.66. The number of aromatic nitrogens is 4. The van der Waals surface area contributed by atoms with Gasteiger partial charge in [0.1, 0.15) is 39.1 Å². The first-order chi connectivity index (χ1) is 66.5. The molecule has 4 saturated heterocycles. The predicted octanol–water partition coefficient (Wildman–Crippen LogP) is 9.16. The molecule has 15 heterocycles. The molecule has 12 aromatic rings. The summed E-state index contributed by atoms with van der Waals surface area (Å²) in [7, 11) is 8.95. The Morgan fingerprint density at radius 3 is 1.33 bits per heavy atom.